The first kappa shape index (κ1) is 11.9. The molecule has 0 unspecified atom stereocenters. The molecule has 102 valence electrons. The monoisotopic (exact) mass is 277 g/mol. The summed E-state index contributed by atoms with van der Waals surface area (Å²) in [6.45, 7) is 0.172. The van der Waals surface area contributed by atoms with Crippen LogP contribution in [-0.2, 0) is 11.4 Å². The summed E-state index contributed by atoms with van der Waals surface area (Å²) in [5, 5.41) is 4.62. The highest BCUT2D eigenvalue weighted by Gasteiger charge is 2.24. The number of benzene rings is 2. The molecule has 2 aromatic carbocycles. The molecule has 2 heterocycles. The average Bonchev–Trinajstić information content (AvgIpc) is 2.55. The minimum atomic E-state index is -0.0715. The molecular weight excluding hydrogens is 266 g/mol. The van der Waals surface area contributed by atoms with Gasteiger partial charge in [0.1, 0.15) is 11.3 Å². The first-order valence-corrected chi connectivity index (χ1v) is 6.65. The lowest BCUT2D eigenvalue weighted by Crippen LogP contribution is -2.23. The molecule has 4 heteroatoms. The van der Waals surface area contributed by atoms with Crippen molar-refractivity contribution in [1.82, 2.24) is 0 Å². The molecule has 0 N–H and O–H groups in total. The molecule has 3 aromatic rings. The molecule has 4 rings (SSSR count). The van der Waals surface area contributed by atoms with E-state index in [1.54, 1.807) is 12.1 Å². The van der Waals surface area contributed by atoms with Gasteiger partial charge in [-0.1, -0.05) is 47.6 Å². The van der Waals surface area contributed by atoms with Crippen LogP contribution in [0.2, 0.25) is 0 Å². The van der Waals surface area contributed by atoms with E-state index in [2.05, 4.69) is 5.16 Å². The van der Waals surface area contributed by atoms with Gasteiger partial charge in [-0.05, 0) is 12.1 Å². The van der Waals surface area contributed by atoms with Crippen LogP contribution in [0.25, 0.3) is 11.0 Å². The van der Waals surface area contributed by atoms with E-state index < -0.39 is 0 Å². The standard InChI is InChI=1S/C17H11NO3/c19-17-12-8-4-5-9-13(12)21-14-10-20-18-16(15(14)17)11-6-2-1-3-7-11/h1-9H,10H2. The maximum absolute atomic E-state index is 12.8. The van der Waals surface area contributed by atoms with Crippen LogP contribution >= 0.6 is 0 Å². The highest BCUT2D eigenvalue weighted by Crippen LogP contribution is 2.22. The van der Waals surface area contributed by atoms with Gasteiger partial charge in [0.25, 0.3) is 0 Å². The number of fused-ring (bicyclic) bond motifs is 2. The van der Waals surface area contributed by atoms with E-state index in [-0.39, 0.29) is 12.0 Å². The molecule has 0 saturated heterocycles. The van der Waals surface area contributed by atoms with Crippen molar-refractivity contribution in [3.63, 3.8) is 0 Å². The van der Waals surface area contributed by atoms with Crippen LogP contribution in [0, 0.1) is 0 Å². The summed E-state index contributed by atoms with van der Waals surface area (Å²) < 4.78 is 5.81. The third kappa shape index (κ3) is 1.84. The van der Waals surface area contributed by atoms with Crippen molar-refractivity contribution in [2.24, 2.45) is 5.16 Å². The molecule has 0 spiro atoms. The van der Waals surface area contributed by atoms with Gasteiger partial charge < -0.3 is 9.25 Å². The van der Waals surface area contributed by atoms with Gasteiger partial charge in [0.05, 0.1) is 10.9 Å². The number of hydrogen-bond donors (Lipinski definition) is 0. The fraction of sp³-hybridized carbons (Fsp3) is 0.0588. The lowest BCUT2D eigenvalue weighted by molar-refractivity contribution is 0.109. The van der Waals surface area contributed by atoms with Gasteiger partial charge in [-0.25, -0.2) is 0 Å². The molecular formula is C17H11NO3. The Morgan fingerprint density at radius 3 is 2.57 bits per heavy atom. The summed E-state index contributed by atoms with van der Waals surface area (Å²) >= 11 is 0. The second kappa shape index (κ2) is 4.59. The number of nitrogens with zero attached hydrogens (tertiary/aromatic N) is 1. The summed E-state index contributed by atoms with van der Waals surface area (Å²) in [6, 6.07) is 16.7. The first-order valence-electron chi connectivity index (χ1n) is 6.65. The summed E-state index contributed by atoms with van der Waals surface area (Å²) in [7, 11) is 0. The molecule has 1 aromatic heterocycles. The van der Waals surface area contributed by atoms with Crippen LogP contribution in [0.1, 0.15) is 16.9 Å². The first-order chi connectivity index (χ1) is 10.3. The van der Waals surface area contributed by atoms with Crippen LogP contribution in [0.3, 0.4) is 0 Å². The van der Waals surface area contributed by atoms with Gasteiger partial charge in [-0.3, -0.25) is 4.79 Å². The van der Waals surface area contributed by atoms with Crippen molar-refractivity contribution in [2.75, 3.05) is 0 Å². The normalized spacial score (nSPS) is 13.4. The van der Waals surface area contributed by atoms with Crippen LogP contribution in [0.5, 0.6) is 0 Å². The molecule has 0 amide bonds. The van der Waals surface area contributed by atoms with Crippen molar-refractivity contribution >= 4 is 16.7 Å². The molecule has 0 aliphatic carbocycles. The molecule has 0 radical (unpaired) electrons. The summed E-state index contributed by atoms with van der Waals surface area (Å²) in [5.74, 6) is 0.521. The Hall–Kier alpha value is -2.88. The van der Waals surface area contributed by atoms with Gasteiger partial charge in [-0.2, -0.15) is 0 Å². The molecule has 1 aliphatic heterocycles. The lowest BCUT2D eigenvalue weighted by atomic mass is 9.99. The number of hydrogen-bond acceptors (Lipinski definition) is 4. The van der Waals surface area contributed by atoms with Crippen LogP contribution in [-0.4, -0.2) is 5.71 Å². The van der Waals surface area contributed by atoms with Crippen molar-refractivity contribution in [3.8, 4) is 0 Å². The fourth-order valence-corrected chi connectivity index (χ4v) is 2.52. The van der Waals surface area contributed by atoms with E-state index in [9.17, 15) is 4.79 Å². The van der Waals surface area contributed by atoms with Crippen molar-refractivity contribution in [3.05, 3.63) is 81.7 Å². The Balaban J connectivity index is 2.04. The zero-order valence-corrected chi connectivity index (χ0v) is 11.1. The summed E-state index contributed by atoms with van der Waals surface area (Å²) in [4.78, 5) is 18.0. The van der Waals surface area contributed by atoms with Gasteiger partial charge in [0.2, 0.25) is 5.43 Å². The predicted molar refractivity (Wildman–Crippen MR) is 79.4 cm³/mol. The highest BCUT2D eigenvalue weighted by molar-refractivity contribution is 6.14. The van der Waals surface area contributed by atoms with Crippen LogP contribution < -0.4 is 5.43 Å². The molecule has 0 fully saturated rings. The van der Waals surface area contributed by atoms with E-state index in [0.717, 1.165) is 5.56 Å². The highest BCUT2D eigenvalue weighted by atomic mass is 16.6. The maximum Gasteiger partial charge on any atom is 0.202 e. The number of para-hydroxylation sites is 1. The molecule has 0 atom stereocenters. The van der Waals surface area contributed by atoms with Crippen molar-refractivity contribution < 1.29 is 9.25 Å². The predicted octanol–water partition coefficient (Wildman–Crippen LogP) is 3.08. The van der Waals surface area contributed by atoms with Crippen molar-refractivity contribution in [2.45, 2.75) is 6.61 Å². The Morgan fingerprint density at radius 2 is 1.71 bits per heavy atom. The smallest absolute Gasteiger partial charge is 0.202 e. The summed E-state index contributed by atoms with van der Waals surface area (Å²) in [6.07, 6.45) is 0. The Bertz CT molecular complexity index is 910. The second-order valence-electron chi connectivity index (χ2n) is 4.80. The Labute approximate surface area is 120 Å². The minimum Gasteiger partial charge on any atom is -0.456 e. The van der Waals surface area contributed by atoms with Crippen LogP contribution in [0.4, 0.5) is 0 Å². The topological polar surface area (TPSA) is 51.8 Å². The van der Waals surface area contributed by atoms with E-state index in [1.165, 1.54) is 0 Å². The SMILES string of the molecule is O=c1c2c(oc3ccccc13)CON=C2c1ccccc1. The van der Waals surface area contributed by atoms with Crippen LogP contribution in [0.15, 0.2) is 69.0 Å². The third-order valence-electron chi connectivity index (χ3n) is 3.51. The second-order valence-corrected chi connectivity index (χ2v) is 4.80. The average molecular weight is 277 g/mol. The molecule has 0 saturated carbocycles. The number of oxime groups is 1. The van der Waals surface area contributed by atoms with Gasteiger partial charge >= 0.3 is 0 Å². The summed E-state index contributed by atoms with van der Waals surface area (Å²) in [5.41, 5.74) is 2.35. The van der Waals surface area contributed by atoms with E-state index >= 15 is 0 Å². The molecule has 21 heavy (non-hydrogen) atoms. The van der Waals surface area contributed by atoms with Crippen molar-refractivity contribution in [1.29, 1.82) is 0 Å². The Morgan fingerprint density at radius 1 is 0.952 bits per heavy atom. The van der Waals surface area contributed by atoms with Gasteiger partial charge in [0, 0.05) is 5.56 Å². The van der Waals surface area contributed by atoms with E-state index in [1.807, 2.05) is 42.5 Å². The third-order valence-corrected chi connectivity index (χ3v) is 3.51. The molecule has 4 nitrogen and oxygen atoms in total. The Kier molecular flexibility index (Phi) is 2.60. The zero-order chi connectivity index (χ0) is 14.2. The lowest BCUT2D eigenvalue weighted by Gasteiger charge is -2.15. The quantitative estimate of drug-likeness (QED) is 0.687. The zero-order valence-electron chi connectivity index (χ0n) is 11.1. The maximum atomic E-state index is 12.8. The van der Waals surface area contributed by atoms with E-state index in [4.69, 9.17) is 9.25 Å². The molecule has 0 bridgehead atoms. The fourth-order valence-electron chi connectivity index (χ4n) is 2.52. The largest absolute Gasteiger partial charge is 0.456 e. The van der Waals surface area contributed by atoms with E-state index in [0.29, 0.717) is 28.0 Å². The van der Waals surface area contributed by atoms with Gasteiger partial charge in [0.15, 0.2) is 12.4 Å². The number of rotatable bonds is 1. The minimum absolute atomic E-state index is 0.0715. The van der Waals surface area contributed by atoms with Gasteiger partial charge in [-0.15, -0.1) is 0 Å². The molecule has 1 aliphatic rings.